The van der Waals surface area contributed by atoms with E-state index < -0.39 is 26.9 Å². The van der Waals surface area contributed by atoms with E-state index in [0.29, 0.717) is 18.5 Å². The quantitative estimate of drug-likeness (QED) is 0.714. The van der Waals surface area contributed by atoms with E-state index in [1.54, 1.807) is 6.07 Å². The van der Waals surface area contributed by atoms with Gasteiger partial charge in [-0.1, -0.05) is 37.0 Å². The SMILES string of the molecule is Cc1ccc(Nc2c(NS(=O)(=O)C3CCCCC3)ccc(F)c2F)c(C)c1. The molecular weight excluding hydrogens is 370 g/mol. The Bertz CT molecular complexity index is 939. The lowest BCUT2D eigenvalue weighted by Gasteiger charge is -2.24. The van der Waals surface area contributed by atoms with Crippen molar-refractivity contribution in [3.63, 3.8) is 0 Å². The Morgan fingerprint density at radius 2 is 1.63 bits per heavy atom. The fraction of sp³-hybridized carbons (Fsp3) is 0.400. The first-order chi connectivity index (χ1) is 12.8. The minimum atomic E-state index is -3.68. The summed E-state index contributed by atoms with van der Waals surface area (Å²) in [5.41, 5.74) is 2.28. The van der Waals surface area contributed by atoms with Crippen molar-refractivity contribution in [3.05, 3.63) is 53.1 Å². The van der Waals surface area contributed by atoms with Gasteiger partial charge in [-0.2, -0.15) is 0 Å². The smallest absolute Gasteiger partial charge is 0.235 e. The van der Waals surface area contributed by atoms with Crippen molar-refractivity contribution >= 4 is 27.1 Å². The molecule has 4 nitrogen and oxygen atoms in total. The third kappa shape index (κ3) is 4.40. The topological polar surface area (TPSA) is 58.2 Å². The molecule has 1 saturated carbocycles. The van der Waals surface area contributed by atoms with Gasteiger partial charge in [-0.3, -0.25) is 4.72 Å². The summed E-state index contributed by atoms with van der Waals surface area (Å²) < 4.78 is 56.2. The first-order valence-electron chi connectivity index (χ1n) is 9.12. The van der Waals surface area contributed by atoms with Crippen LogP contribution in [0.1, 0.15) is 43.2 Å². The van der Waals surface area contributed by atoms with Crippen molar-refractivity contribution in [2.24, 2.45) is 0 Å². The molecule has 2 aromatic carbocycles. The Labute approximate surface area is 159 Å². The second-order valence-electron chi connectivity index (χ2n) is 7.13. The molecule has 0 aromatic heterocycles. The van der Waals surface area contributed by atoms with Gasteiger partial charge in [0.05, 0.1) is 10.9 Å². The molecule has 1 aliphatic carbocycles. The summed E-state index contributed by atoms with van der Waals surface area (Å²) in [6, 6.07) is 7.70. The summed E-state index contributed by atoms with van der Waals surface area (Å²) in [6.07, 6.45) is 3.91. The number of benzene rings is 2. The summed E-state index contributed by atoms with van der Waals surface area (Å²) in [5.74, 6) is -2.15. The summed E-state index contributed by atoms with van der Waals surface area (Å²) in [7, 11) is -3.68. The number of halogens is 2. The van der Waals surface area contributed by atoms with Gasteiger partial charge in [0.2, 0.25) is 10.0 Å². The van der Waals surface area contributed by atoms with E-state index in [9.17, 15) is 17.2 Å². The zero-order chi connectivity index (χ0) is 19.6. The Kier molecular flexibility index (Phi) is 5.69. The lowest BCUT2D eigenvalue weighted by Crippen LogP contribution is -2.30. The third-order valence-corrected chi connectivity index (χ3v) is 6.83. The van der Waals surface area contributed by atoms with Gasteiger partial charge in [-0.15, -0.1) is 0 Å². The third-order valence-electron chi connectivity index (χ3n) is 4.98. The molecular formula is C20H24F2N2O2S. The van der Waals surface area contributed by atoms with Gasteiger partial charge >= 0.3 is 0 Å². The molecule has 2 aromatic rings. The number of aryl methyl sites for hydroxylation is 2. The van der Waals surface area contributed by atoms with Gasteiger partial charge in [0.15, 0.2) is 11.6 Å². The fourth-order valence-corrected chi connectivity index (χ4v) is 5.06. The maximum Gasteiger partial charge on any atom is 0.235 e. The predicted molar refractivity (Wildman–Crippen MR) is 105 cm³/mol. The van der Waals surface area contributed by atoms with Crippen molar-refractivity contribution in [1.82, 2.24) is 0 Å². The van der Waals surface area contributed by atoms with Crippen molar-refractivity contribution in [2.45, 2.75) is 51.2 Å². The number of anilines is 3. The van der Waals surface area contributed by atoms with Crippen LogP contribution in [0, 0.1) is 25.5 Å². The van der Waals surface area contributed by atoms with E-state index in [1.165, 1.54) is 6.07 Å². The van der Waals surface area contributed by atoms with Crippen LogP contribution in [-0.2, 0) is 10.0 Å². The molecule has 0 radical (unpaired) electrons. The number of hydrogen-bond donors (Lipinski definition) is 2. The Hall–Kier alpha value is -2.15. The monoisotopic (exact) mass is 394 g/mol. The van der Waals surface area contributed by atoms with Crippen LogP contribution in [0.15, 0.2) is 30.3 Å². The van der Waals surface area contributed by atoms with Crippen LogP contribution in [0.2, 0.25) is 0 Å². The Morgan fingerprint density at radius 1 is 0.963 bits per heavy atom. The lowest BCUT2D eigenvalue weighted by atomic mass is 10.0. The molecule has 7 heteroatoms. The molecule has 0 bridgehead atoms. The first-order valence-corrected chi connectivity index (χ1v) is 10.7. The van der Waals surface area contributed by atoms with Crippen LogP contribution in [-0.4, -0.2) is 13.7 Å². The van der Waals surface area contributed by atoms with Gasteiger partial charge < -0.3 is 5.32 Å². The maximum absolute atomic E-state index is 14.5. The van der Waals surface area contributed by atoms with E-state index in [0.717, 1.165) is 36.5 Å². The van der Waals surface area contributed by atoms with Crippen LogP contribution < -0.4 is 10.0 Å². The molecule has 1 aliphatic rings. The van der Waals surface area contributed by atoms with E-state index in [4.69, 9.17) is 0 Å². The fourth-order valence-electron chi connectivity index (χ4n) is 3.46. The van der Waals surface area contributed by atoms with Crippen LogP contribution >= 0.6 is 0 Å². The summed E-state index contributed by atoms with van der Waals surface area (Å²) in [4.78, 5) is 0. The molecule has 3 rings (SSSR count). The zero-order valence-corrected chi connectivity index (χ0v) is 16.3. The van der Waals surface area contributed by atoms with Crippen LogP contribution in [0.25, 0.3) is 0 Å². The average molecular weight is 394 g/mol. The largest absolute Gasteiger partial charge is 0.351 e. The average Bonchev–Trinajstić information content (AvgIpc) is 2.63. The molecule has 1 fully saturated rings. The zero-order valence-electron chi connectivity index (χ0n) is 15.5. The van der Waals surface area contributed by atoms with Crippen molar-refractivity contribution in [3.8, 4) is 0 Å². The summed E-state index contributed by atoms with van der Waals surface area (Å²) in [6.45, 7) is 3.78. The lowest BCUT2D eigenvalue weighted by molar-refractivity contribution is 0.486. The number of hydrogen-bond acceptors (Lipinski definition) is 3. The van der Waals surface area contributed by atoms with Crippen molar-refractivity contribution in [1.29, 1.82) is 0 Å². The molecule has 0 heterocycles. The number of rotatable bonds is 5. The van der Waals surface area contributed by atoms with Gasteiger partial charge in [0.25, 0.3) is 0 Å². The van der Waals surface area contributed by atoms with Gasteiger partial charge in [-0.05, 0) is 50.5 Å². The van der Waals surface area contributed by atoms with Gasteiger partial charge in [0.1, 0.15) is 5.69 Å². The minimum absolute atomic E-state index is 0.0134. The van der Waals surface area contributed by atoms with Gasteiger partial charge in [0, 0.05) is 5.69 Å². The molecule has 0 unspecified atom stereocenters. The van der Waals surface area contributed by atoms with E-state index in [-0.39, 0.29) is 11.4 Å². The Morgan fingerprint density at radius 3 is 2.30 bits per heavy atom. The minimum Gasteiger partial charge on any atom is -0.351 e. The highest BCUT2D eigenvalue weighted by molar-refractivity contribution is 7.93. The predicted octanol–water partition coefficient (Wildman–Crippen LogP) is 5.40. The molecule has 27 heavy (non-hydrogen) atoms. The number of nitrogens with one attached hydrogen (secondary N) is 2. The second kappa shape index (κ2) is 7.84. The highest BCUT2D eigenvalue weighted by atomic mass is 32.2. The standard InChI is InChI=1S/C20H24F2N2O2S/c1-13-8-10-17(14(2)12-13)23-20-18(11-9-16(21)19(20)22)24-27(25,26)15-6-4-3-5-7-15/h8-12,15,23-24H,3-7H2,1-2H3. The molecule has 0 amide bonds. The van der Waals surface area contributed by atoms with E-state index in [1.807, 2.05) is 26.0 Å². The van der Waals surface area contributed by atoms with E-state index in [2.05, 4.69) is 10.0 Å². The molecule has 0 atom stereocenters. The molecule has 0 saturated heterocycles. The van der Waals surface area contributed by atoms with Crippen molar-refractivity contribution in [2.75, 3.05) is 10.0 Å². The van der Waals surface area contributed by atoms with Crippen LogP contribution in [0.4, 0.5) is 25.8 Å². The van der Waals surface area contributed by atoms with Gasteiger partial charge in [-0.25, -0.2) is 17.2 Å². The van der Waals surface area contributed by atoms with Crippen LogP contribution in [0.5, 0.6) is 0 Å². The normalized spacial score (nSPS) is 15.6. The van der Waals surface area contributed by atoms with Crippen molar-refractivity contribution < 1.29 is 17.2 Å². The van der Waals surface area contributed by atoms with Crippen LogP contribution in [0.3, 0.4) is 0 Å². The Balaban J connectivity index is 1.95. The molecule has 0 aliphatic heterocycles. The molecule has 0 spiro atoms. The maximum atomic E-state index is 14.5. The highest BCUT2D eigenvalue weighted by Crippen LogP contribution is 2.34. The second-order valence-corrected chi connectivity index (χ2v) is 9.10. The molecule has 146 valence electrons. The summed E-state index contributed by atoms with van der Waals surface area (Å²) in [5, 5.41) is 2.35. The highest BCUT2D eigenvalue weighted by Gasteiger charge is 2.28. The van der Waals surface area contributed by atoms with E-state index >= 15 is 0 Å². The first kappa shape index (κ1) is 19.6. The molecule has 2 N–H and O–H groups in total. The summed E-state index contributed by atoms with van der Waals surface area (Å²) >= 11 is 0. The number of sulfonamides is 1.